The number of anilines is 1. The molecule has 0 unspecified atom stereocenters. The minimum absolute atomic E-state index is 0.423. The van der Waals surface area contributed by atoms with Gasteiger partial charge in [-0.25, -0.2) is 9.78 Å². The van der Waals surface area contributed by atoms with E-state index < -0.39 is 5.97 Å². The molecule has 142 valence electrons. The highest BCUT2D eigenvalue weighted by molar-refractivity contribution is 5.95. The third kappa shape index (κ3) is 3.64. The maximum absolute atomic E-state index is 12.6. The summed E-state index contributed by atoms with van der Waals surface area (Å²) in [6, 6.07) is 10.5. The number of aryl methyl sites for hydroxylation is 1. The van der Waals surface area contributed by atoms with Gasteiger partial charge in [0.25, 0.3) is 0 Å². The molecule has 2 heterocycles. The summed E-state index contributed by atoms with van der Waals surface area (Å²) in [5, 5.41) is 11.3. The summed E-state index contributed by atoms with van der Waals surface area (Å²) in [6.45, 7) is 6.97. The van der Waals surface area contributed by atoms with Gasteiger partial charge in [-0.2, -0.15) is 5.10 Å². The van der Waals surface area contributed by atoms with Crippen LogP contribution in [-0.4, -0.2) is 32.7 Å². The molecule has 0 saturated heterocycles. The van der Waals surface area contributed by atoms with Crippen molar-refractivity contribution >= 4 is 33.7 Å². The second-order valence-electron chi connectivity index (χ2n) is 7.15. The Morgan fingerprint density at radius 2 is 1.96 bits per heavy atom. The fourth-order valence-corrected chi connectivity index (χ4v) is 2.88. The second-order valence-corrected chi connectivity index (χ2v) is 7.15. The summed E-state index contributed by atoms with van der Waals surface area (Å²) in [5.74, 6) is 1.22. The first-order chi connectivity index (χ1) is 13.5. The van der Waals surface area contributed by atoms with E-state index in [1.165, 1.54) is 0 Å². The lowest BCUT2D eigenvalue weighted by molar-refractivity contribution is 0.0735. The standard InChI is InChI=1S/C21H21N5O2/c1-12(2)10-23-20-11-22-18-6-4-14(8-19(18)24-20)21(27)28-15-5-7-17-16(9-15)13(3)25-26-17/h4-9,11-12H,10H2,1-3H3,(H,23,24)(H,25,26). The van der Waals surface area contributed by atoms with Crippen LogP contribution < -0.4 is 10.1 Å². The lowest BCUT2D eigenvalue weighted by Gasteiger charge is -2.09. The maximum Gasteiger partial charge on any atom is 0.343 e. The number of carbonyl (C=O) groups excluding carboxylic acids is 1. The van der Waals surface area contributed by atoms with Crippen LogP contribution in [0.3, 0.4) is 0 Å². The summed E-state index contributed by atoms with van der Waals surface area (Å²) < 4.78 is 5.55. The van der Waals surface area contributed by atoms with E-state index in [-0.39, 0.29) is 0 Å². The van der Waals surface area contributed by atoms with Crippen molar-refractivity contribution < 1.29 is 9.53 Å². The van der Waals surface area contributed by atoms with Crippen molar-refractivity contribution in [3.63, 3.8) is 0 Å². The van der Waals surface area contributed by atoms with E-state index in [0.29, 0.717) is 28.6 Å². The molecule has 0 fully saturated rings. The van der Waals surface area contributed by atoms with Crippen LogP contribution in [0.25, 0.3) is 21.9 Å². The normalized spacial score (nSPS) is 11.3. The van der Waals surface area contributed by atoms with Crippen molar-refractivity contribution in [2.45, 2.75) is 20.8 Å². The zero-order chi connectivity index (χ0) is 19.7. The zero-order valence-corrected chi connectivity index (χ0v) is 16.0. The van der Waals surface area contributed by atoms with Crippen LogP contribution in [0.1, 0.15) is 29.9 Å². The topological polar surface area (TPSA) is 92.8 Å². The largest absolute Gasteiger partial charge is 0.423 e. The Balaban J connectivity index is 1.57. The highest BCUT2D eigenvalue weighted by atomic mass is 16.5. The van der Waals surface area contributed by atoms with Crippen molar-refractivity contribution in [1.82, 2.24) is 20.2 Å². The number of benzene rings is 2. The summed E-state index contributed by atoms with van der Waals surface area (Å²) >= 11 is 0. The van der Waals surface area contributed by atoms with Gasteiger partial charge in [0.15, 0.2) is 0 Å². The Kier molecular flexibility index (Phi) is 4.65. The predicted molar refractivity (Wildman–Crippen MR) is 109 cm³/mol. The SMILES string of the molecule is Cc1[nH]nc2ccc(OC(=O)c3ccc4ncc(NCC(C)C)nc4c3)cc12. The third-order valence-electron chi connectivity index (χ3n) is 4.40. The number of hydrogen-bond acceptors (Lipinski definition) is 6. The maximum atomic E-state index is 12.6. The Bertz CT molecular complexity index is 1170. The molecule has 7 heteroatoms. The quantitative estimate of drug-likeness (QED) is 0.403. The van der Waals surface area contributed by atoms with Gasteiger partial charge in [-0.1, -0.05) is 13.8 Å². The number of aromatic amines is 1. The molecule has 0 atom stereocenters. The smallest absolute Gasteiger partial charge is 0.343 e. The molecule has 28 heavy (non-hydrogen) atoms. The number of esters is 1. The average Bonchev–Trinajstić information content (AvgIpc) is 3.06. The van der Waals surface area contributed by atoms with Crippen molar-refractivity contribution in [2.75, 3.05) is 11.9 Å². The molecule has 0 radical (unpaired) electrons. The van der Waals surface area contributed by atoms with E-state index in [1.54, 1.807) is 36.5 Å². The molecule has 2 aromatic carbocycles. The first-order valence-electron chi connectivity index (χ1n) is 9.17. The van der Waals surface area contributed by atoms with E-state index in [2.05, 4.69) is 39.3 Å². The van der Waals surface area contributed by atoms with E-state index in [9.17, 15) is 4.79 Å². The van der Waals surface area contributed by atoms with E-state index in [0.717, 1.165) is 28.7 Å². The number of fused-ring (bicyclic) bond motifs is 2. The molecule has 4 aromatic rings. The van der Waals surface area contributed by atoms with Gasteiger partial charge in [0.1, 0.15) is 11.6 Å². The Hall–Kier alpha value is -3.48. The molecule has 2 N–H and O–H groups in total. The number of hydrogen-bond donors (Lipinski definition) is 2. The van der Waals surface area contributed by atoms with Gasteiger partial charge in [0, 0.05) is 17.6 Å². The molecule has 0 bridgehead atoms. The van der Waals surface area contributed by atoms with Crippen LogP contribution in [0.15, 0.2) is 42.6 Å². The first-order valence-corrected chi connectivity index (χ1v) is 9.17. The third-order valence-corrected chi connectivity index (χ3v) is 4.40. The minimum atomic E-state index is -0.440. The molecule has 7 nitrogen and oxygen atoms in total. The van der Waals surface area contributed by atoms with E-state index in [1.807, 2.05) is 13.0 Å². The molecule has 4 rings (SSSR count). The monoisotopic (exact) mass is 375 g/mol. The molecule has 0 aliphatic carbocycles. The van der Waals surface area contributed by atoms with Crippen LogP contribution in [-0.2, 0) is 0 Å². The second kappa shape index (κ2) is 7.26. The van der Waals surface area contributed by atoms with E-state index in [4.69, 9.17) is 4.74 Å². The summed E-state index contributed by atoms with van der Waals surface area (Å²) in [7, 11) is 0. The number of rotatable bonds is 5. The van der Waals surface area contributed by atoms with Crippen molar-refractivity contribution in [3.8, 4) is 5.75 Å². The molecule has 0 aliphatic heterocycles. The summed E-state index contributed by atoms with van der Waals surface area (Å²) in [4.78, 5) is 21.6. The Labute approximate surface area is 162 Å². The zero-order valence-electron chi connectivity index (χ0n) is 16.0. The fraction of sp³-hybridized carbons (Fsp3) is 0.238. The van der Waals surface area contributed by atoms with Crippen LogP contribution in [0.4, 0.5) is 5.82 Å². The number of carbonyl (C=O) groups is 1. The van der Waals surface area contributed by atoms with Gasteiger partial charge in [0.05, 0.1) is 28.3 Å². The number of nitrogens with one attached hydrogen (secondary N) is 2. The molecular weight excluding hydrogens is 354 g/mol. The molecule has 0 spiro atoms. The number of H-pyrrole nitrogens is 1. The van der Waals surface area contributed by atoms with Gasteiger partial charge < -0.3 is 10.1 Å². The van der Waals surface area contributed by atoms with Crippen LogP contribution in [0.2, 0.25) is 0 Å². The Morgan fingerprint density at radius 1 is 1.14 bits per heavy atom. The lowest BCUT2D eigenvalue weighted by atomic mass is 10.2. The van der Waals surface area contributed by atoms with Crippen LogP contribution >= 0.6 is 0 Å². The number of aromatic nitrogens is 4. The van der Waals surface area contributed by atoms with Crippen molar-refractivity contribution in [1.29, 1.82) is 0 Å². The molecular formula is C21H21N5O2. The lowest BCUT2D eigenvalue weighted by Crippen LogP contribution is -2.10. The van der Waals surface area contributed by atoms with Gasteiger partial charge in [-0.05, 0) is 49.2 Å². The summed E-state index contributed by atoms with van der Waals surface area (Å²) in [5.41, 5.74) is 3.55. The Morgan fingerprint density at radius 3 is 2.79 bits per heavy atom. The molecule has 0 aliphatic rings. The number of ether oxygens (including phenoxy) is 1. The first kappa shape index (κ1) is 17.9. The van der Waals surface area contributed by atoms with Gasteiger partial charge in [-0.3, -0.25) is 10.1 Å². The molecule has 2 aromatic heterocycles. The van der Waals surface area contributed by atoms with Gasteiger partial charge in [-0.15, -0.1) is 0 Å². The fourth-order valence-electron chi connectivity index (χ4n) is 2.88. The molecule has 0 amide bonds. The minimum Gasteiger partial charge on any atom is -0.423 e. The average molecular weight is 375 g/mol. The summed E-state index contributed by atoms with van der Waals surface area (Å²) in [6.07, 6.45) is 1.70. The highest BCUT2D eigenvalue weighted by Gasteiger charge is 2.12. The van der Waals surface area contributed by atoms with Gasteiger partial charge in [0.2, 0.25) is 0 Å². The predicted octanol–water partition coefficient (Wildman–Crippen LogP) is 4.10. The van der Waals surface area contributed by atoms with Crippen molar-refractivity contribution in [3.05, 3.63) is 53.9 Å². The number of nitrogens with zero attached hydrogens (tertiary/aromatic N) is 3. The van der Waals surface area contributed by atoms with Gasteiger partial charge >= 0.3 is 5.97 Å². The van der Waals surface area contributed by atoms with Crippen molar-refractivity contribution in [2.24, 2.45) is 5.92 Å². The molecule has 0 saturated carbocycles. The van der Waals surface area contributed by atoms with Crippen LogP contribution in [0.5, 0.6) is 5.75 Å². The van der Waals surface area contributed by atoms with E-state index >= 15 is 0 Å². The van der Waals surface area contributed by atoms with Crippen LogP contribution in [0, 0.1) is 12.8 Å². The highest BCUT2D eigenvalue weighted by Crippen LogP contribution is 2.23.